The van der Waals surface area contributed by atoms with E-state index in [2.05, 4.69) is 17.1 Å². The molecular weight excluding hydrogens is 196 g/mol. The van der Waals surface area contributed by atoms with Crippen LogP contribution in [0.4, 0.5) is 0 Å². The third-order valence-corrected chi connectivity index (χ3v) is 4.16. The predicted octanol–water partition coefficient (Wildman–Crippen LogP) is 2.78. The fourth-order valence-electron chi connectivity index (χ4n) is 2.93. The van der Waals surface area contributed by atoms with Crippen LogP contribution >= 0.6 is 0 Å². The van der Waals surface area contributed by atoms with Crippen molar-refractivity contribution in [1.29, 1.82) is 0 Å². The van der Waals surface area contributed by atoms with Gasteiger partial charge in [0, 0.05) is 25.2 Å². The highest BCUT2D eigenvalue weighted by Crippen LogP contribution is 2.26. The summed E-state index contributed by atoms with van der Waals surface area (Å²) in [5.41, 5.74) is 0. The van der Waals surface area contributed by atoms with Gasteiger partial charge in [-0.2, -0.15) is 0 Å². The fraction of sp³-hybridized carbons (Fsp3) is 1.00. The molecule has 0 amide bonds. The Labute approximate surface area is 101 Å². The van der Waals surface area contributed by atoms with Gasteiger partial charge in [0.2, 0.25) is 0 Å². The van der Waals surface area contributed by atoms with E-state index in [-0.39, 0.29) is 0 Å². The number of rotatable bonds is 6. The van der Waals surface area contributed by atoms with Crippen molar-refractivity contribution in [1.82, 2.24) is 10.2 Å². The number of likely N-dealkylation sites (N-methyl/N-ethyl adjacent to an activating group) is 1. The molecule has 2 saturated carbocycles. The van der Waals surface area contributed by atoms with Gasteiger partial charge >= 0.3 is 0 Å². The lowest BCUT2D eigenvalue weighted by molar-refractivity contribution is 0.269. The largest absolute Gasteiger partial charge is 0.313 e. The zero-order chi connectivity index (χ0) is 11.2. The average Bonchev–Trinajstić information content (AvgIpc) is 3.11. The Bertz CT molecular complexity index is 181. The third kappa shape index (κ3) is 4.06. The maximum Gasteiger partial charge on any atom is 0.0110 e. The molecule has 1 N–H and O–H groups in total. The smallest absolute Gasteiger partial charge is 0.0110 e. The molecule has 0 radical (unpaired) electrons. The van der Waals surface area contributed by atoms with Gasteiger partial charge in [-0.25, -0.2) is 0 Å². The first kappa shape index (κ1) is 12.4. The van der Waals surface area contributed by atoms with Crippen LogP contribution in [0.1, 0.15) is 58.3 Å². The van der Waals surface area contributed by atoms with Crippen LogP contribution in [-0.4, -0.2) is 36.6 Å². The van der Waals surface area contributed by atoms with Crippen molar-refractivity contribution >= 4 is 0 Å². The summed E-state index contributed by atoms with van der Waals surface area (Å²) in [5.74, 6) is 0. The topological polar surface area (TPSA) is 15.3 Å². The van der Waals surface area contributed by atoms with Gasteiger partial charge in [-0.1, -0.05) is 32.6 Å². The molecule has 0 aliphatic heterocycles. The number of nitrogens with one attached hydrogen (secondary N) is 1. The summed E-state index contributed by atoms with van der Waals surface area (Å²) < 4.78 is 0. The molecule has 0 spiro atoms. The van der Waals surface area contributed by atoms with Crippen molar-refractivity contribution in [2.45, 2.75) is 70.4 Å². The van der Waals surface area contributed by atoms with Gasteiger partial charge in [0.15, 0.2) is 0 Å². The Morgan fingerprint density at radius 3 is 2.25 bits per heavy atom. The molecule has 94 valence electrons. The molecular formula is C14H28N2. The molecule has 2 heteroatoms. The summed E-state index contributed by atoms with van der Waals surface area (Å²) >= 11 is 0. The second-order valence-corrected chi connectivity index (χ2v) is 5.50. The molecule has 2 aliphatic rings. The zero-order valence-corrected chi connectivity index (χ0v) is 10.9. The first-order valence-electron chi connectivity index (χ1n) is 7.37. The predicted molar refractivity (Wildman–Crippen MR) is 69.8 cm³/mol. The third-order valence-electron chi connectivity index (χ3n) is 4.16. The molecule has 0 heterocycles. The van der Waals surface area contributed by atoms with Gasteiger partial charge in [0.05, 0.1) is 0 Å². The Morgan fingerprint density at radius 2 is 1.69 bits per heavy atom. The molecule has 2 nitrogen and oxygen atoms in total. The first-order valence-corrected chi connectivity index (χ1v) is 7.37. The zero-order valence-electron chi connectivity index (χ0n) is 10.9. The monoisotopic (exact) mass is 224 g/mol. The summed E-state index contributed by atoms with van der Waals surface area (Å²) in [5, 5.41) is 3.77. The van der Waals surface area contributed by atoms with Crippen LogP contribution in [0.2, 0.25) is 0 Å². The van der Waals surface area contributed by atoms with E-state index in [1.54, 1.807) is 0 Å². The van der Waals surface area contributed by atoms with Crippen LogP contribution in [0.5, 0.6) is 0 Å². The minimum absolute atomic E-state index is 0.820. The van der Waals surface area contributed by atoms with Crippen molar-refractivity contribution in [2.75, 3.05) is 19.6 Å². The number of hydrogen-bond acceptors (Lipinski definition) is 2. The highest BCUT2D eigenvalue weighted by atomic mass is 15.2. The Balaban J connectivity index is 1.58. The van der Waals surface area contributed by atoms with E-state index < -0.39 is 0 Å². The van der Waals surface area contributed by atoms with Gasteiger partial charge in [-0.05, 0) is 32.2 Å². The van der Waals surface area contributed by atoms with E-state index in [1.165, 1.54) is 71.0 Å². The molecule has 2 rings (SSSR count). The van der Waals surface area contributed by atoms with E-state index in [0.29, 0.717) is 0 Å². The molecule has 2 fully saturated rings. The Kier molecular flexibility index (Phi) is 5.11. The summed E-state index contributed by atoms with van der Waals surface area (Å²) in [4.78, 5) is 2.64. The van der Waals surface area contributed by atoms with E-state index in [4.69, 9.17) is 0 Å². The van der Waals surface area contributed by atoms with Crippen molar-refractivity contribution in [3.05, 3.63) is 0 Å². The summed E-state index contributed by atoms with van der Waals surface area (Å²) in [7, 11) is 0. The fourth-order valence-corrected chi connectivity index (χ4v) is 2.93. The Morgan fingerprint density at radius 1 is 1.00 bits per heavy atom. The average molecular weight is 224 g/mol. The van der Waals surface area contributed by atoms with Crippen LogP contribution in [0.3, 0.4) is 0 Å². The van der Waals surface area contributed by atoms with Gasteiger partial charge in [0.1, 0.15) is 0 Å². The molecule has 0 unspecified atom stereocenters. The van der Waals surface area contributed by atoms with Crippen molar-refractivity contribution in [3.63, 3.8) is 0 Å². The normalized spacial score (nSPS) is 23.6. The molecule has 0 aromatic carbocycles. The van der Waals surface area contributed by atoms with E-state index in [9.17, 15) is 0 Å². The van der Waals surface area contributed by atoms with E-state index in [0.717, 1.165) is 12.1 Å². The summed E-state index contributed by atoms with van der Waals surface area (Å²) in [6, 6.07) is 1.75. The summed E-state index contributed by atoms with van der Waals surface area (Å²) in [6.45, 7) is 5.99. The van der Waals surface area contributed by atoms with Crippen molar-refractivity contribution in [2.24, 2.45) is 0 Å². The maximum atomic E-state index is 3.77. The lowest BCUT2D eigenvalue weighted by Gasteiger charge is -2.22. The number of nitrogens with zero attached hydrogens (tertiary/aromatic N) is 1. The SMILES string of the molecule is CCN(CCNC1CCCCCC1)C1CC1. The van der Waals surface area contributed by atoms with Crippen LogP contribution in [0.15, 0.2) is 0 Å². The second kappa shape index (κ2) is 6.61. The molecule has 0 saturated heterocycles. The second-order valence-electron chi connectivity index (χ2n) is 5.50. The van der Waals surface area contributed by atoms with Crippen LogP contribution in [-0.2, 0) is 0 Å². The minimum atomic E-state index is 0.820. The lowest BCUT2D eigenvalue weighted by Crippen LogP contribution is -2.37. The molecule has 0 bridgehead atoms. The number of hydrogen-bond donors (Lipinski definition) is 1. The van der Waals surface area contributed by atoms with Gasteiger partial charge < -0.3 is 5.32 Å². The molecule has 0 aromatic heterocycles. The van der Waals surface area contributed by atoms with E-state index >= 15 is 0 Å². The standard InChI is InChI=1S/C14H28N2/c1-2-16(14-9-10-14)12-11-15-13-7-5-3-4-6-8-13/h13-15H,2-12H2,1H3. The molecule has 0 aromatic rings. The molecule has 16 heavy (non-hydrogen) atoms. The van der Waals surface area contributed by atoms with E-state index in [1.807, 2.05) is 0 Å². The Hall–Kier alpha value is -0.0800. The first-order chi connectivity index (χ1) is 7.90. The molecule has 0 atom stereocenters. The highest BCUT2D eigenvalue weighted by Gasteiger charge is 2.27. The van der Waals surface area contributed by atoms with Crippen LogP contribution < -0.4 is 5.32 Å². The summed E-state index contributed by atoms with van der Waals surface area (Å²) in [6.07, 6.45) is 11.5. The van der Waals surface area contributed by atoms with Crippen molar-refractivity contribution in [3.8, 4) is 0 Å². The lowest BCUT2D eigenvalue weighted by atomic mass is 10.1. The van der Waals surface area contributed by atoms with Crippen molar-refractivity contribution < 1.29 is 0 Å². The quantitative estimate of drug-likeness (QED) is 0.698. The minimum Gasteiger partial charge on any atom is -0.313 e. The van der Waals surface area contributed by atoms with Crippen LogP contribution in [0.25, 0.3) is 0 Å². The van der Waals surface area contributed by atoms with Crippen LogP contribution in [0, 0.1) is 0 Å². The maximum absolute atomic E-state index is 3.77. The van der Waals surface area contributed by atoms with Gasteiger partial charge in [-0.15, -0.1) is 0 Å². The van der Waals surface area contributed by atoms with Gasteiger partial charge in [0.25, 0.3) is 0 Å². The highest BCUT2D eigenvalue weighted by molar-refractivity contribution is 4.84. The van der Waals surface area contributed by atoms with Gasteiger partial charge in [-0.3, -0.25) is 4.90 Å². The molecule has 2 aliphatic carbocycles.